The number of aryl methyl sites for hydroxylation is 2. The summed E-state index contributed by atoms with van der Waals surface area (Å²) >= 11 is 1.51. The van der Waals surface area contributed by atoms with Gasteiger partial charge in [0.2, 0.25) is 0 Å². The highest BCUT2D eigenvalue weighted by Gasteiger charge is 2.11. The van der Waals surface area contributed by atoms with Crippen molar-refractivity contribution in [1.29, 1.82) is 0 Å². The third kappa shape index (κ3) is 4.05. The third-order valence-corrected chi connectivity index (χ3v) is 4.68. The highest BCUT2D eigenvalue weighted by atomic mass is 32.2. The molecule has 0 saturated heterocycles. The van der Waals surface area contributed by atoms with Gasteiger partial charge in [-0.2, -0.15) is 0 Å². The third-order valence-electron chi connectivity index (χ3n) is 3.59. The van der Waals surface area contributed by atoms with Gasteiger partial charge in [-0.05, 0) is 55.8 Å². The Morgan fingerprint density at radius 2 is 1.76 bits per heavy atom. The van der Waals surface area contributed by atoms with Gasteiger partial charge in [-0.3, -0.25) is 0 Å². The maximum Gasteiger partial charge on any atom is 0.159 e. The first-order valence-corrected chi connectivity index (χ1v) is 7.82. The van der Waals surface area contributed by atoms with Crippen molar-refractivity contribution in [1.82, 2.24) is 5.32 Å². The quantitative estimate of drug-likeness (QED) is 0.808. The summed E-state index contributed by atoms with van der Waals surface area (Å²) in [5.41, 5.74) is 3.73. The maximum atomic E-state index is 13.2. The molecule has 112 valence electrons. The second kappa shape index (κ2) is 7.05. The van der Waals surface area contributed by atoms with Crippen LogP contribution >= 0.6 is 11.8 Å². The Labute approximate surface area is 128 Å². The van der Waals surface area contributed by atoms with Crippen molar-refractivity contribution >= 4 is 11.8 Å². The van der Waals surface area contributed by atoms with E-state index in [0.717, 1.165) is 10.6 Å². The van der Waals surface area contributed by atoms with E-state index in [1.807, 2.05) is 7.05 Å². The molecule has 21 heavy (non-hydrogen) atoms. The molecule has 0 spiro atoms. The summed E-state index contributed by atoms with van der Waals surface area (Å²) in [6.45, 7) is 4.18. The normalized spacial score (nSPS) is 12.4. The van der Waals surface area contributed by atoms with Crippen LogP contribution in [0.4, 0.5) is 8.78 Å². The number of nitrogens with one attached hydrogen (secondary N) is 1. The summed E-state index contributed by atoms with van der Waals surface area (Å²) in [6, 6.07) is 10.6. The van der Waals surface area contributed by atoms with Crippen LogP contribution in [-0.2, 0) is 0 Å². The van der Waals surface area contributed by atoms with Gasteiger partial charge in [0, 0.05) is 16.7 Å². The van der Waals surface area contributed by atoms with Crippen LogP contribution in [0.1, 0.15) is 22.7 Å². The number of hydrogen-bond donors (Lipinski definition) is 1. The van der Waals surface area contributed by atoms with Crippen molar-refractivity contribution in [2.24, 2.45) is 0 Å². The summed E-state index contributed by atoms with van der Waals surface area (Å²) in [5, 5.41) is 3.27. The summed E-state index contributed by atoms with van der Waals surface area (Å²) in [4.78, 5) is 0.734. The van der Waals surface area contributed by atoms with Crippen molar-refractivity contribution in [2.45, 2.75) is 24.8 Å². The molecule has 0 fully saturated rings. The summed E-state index contributed by atoms with van der Waals surface area (Å²) in [5.74, 6) is -0.852. The van der Waals surface area contributed by atoms with Crippen LogP contribution in [0.25, 0.3) is 0 Å². The van der Waals surface area contributed by atoms with E-state index in [1.54, 1.807) is 6.07 Å². The largest absolute Gasteiger partial charge is 0.312 e. The fourth-order valence-corrected chi connectivity index (χ4v) is 3.14. The highest BCUT2D eigenvalue weighted by Crippen LogP contribution is 2.26. The van der Waals surface area contributed by atoms with Crippen LogP contribution in [0.15, 0.2) is 41.3 Å². The minimum Gasteiger partial charge on any atom is -0.312 e. The van der Waals surface area contributed by atoms with Gasteiger partial charge in [-0.1, -0.05) is 18.2 Å². The Kier molecular flexibility index (Phi) is 5.37. The molecule has 0 amide bonds. The number of hydrogen-bond acceptors (Lipinski definition) is 2. The van der Waals surface area contributed by atoms with Gasteiger partial charge < -0.3 is 5.32 Å². The second-order valence-electron chi connectivity index (χ2n) is 5.07. The minimum atomic E-state index is -0.807. The molecule has 2 rings (SSSR count). The zero-order valence-electron chi connectivity index (χ0n) is 12.4. The minimum absolute atomic E-state index is 0.169. The molecule has 0 saturated carbocycles. The van der Waals surface area contributed by atoms with E-state index in [0.29, 0.717) is 0 Å². The Bertz CT molecular complexity index is 628. The standard InChI is InChI=1S/C17H19F2NS/c1-11-4-5-13(8-12(11)2)17(20-3)10-21-14-6-7-15(18)16(19)9-14/h4-9,17,20H,10H2,1-3H3. The van der Waals surface area contributed by atoms with Crippen molar-refractivity contribution in [3.8, 4) is 0 Å². The summed E-state index contributed by atoms with van der Waals surface area (Å²) < 4.78 is 26.1. The van der Waals surface area contributed by atoms with Gasteiger partial charge in [0.25, 0.3) is 0 Å². The molecule has 0 radical (unpaired) electrons. The predicted octanol–water partition coefficient (Wildman–Crippen LogP) is 4.63. The molecule has 1 unspecified atom stereocenters. The molecular weight excluding hydrogens is 288 g/mol. The van der Waals surface area contributed by atoms with Gasteiger partial charge in [0.05, 0.1) is 0 Å². The van der Waals surface area contributed by atoms with E-state index in [1.165, 1.54) is 40.6 Å². The van der Waals surface area contributed by atoms with Crippen molar-refractivity contribution in [3.05, 3.63) is 64.7 Å². The number of thioether (sulfide) groups is 1. The van der Waals surface area contributed by atoms with E-state index in [2.05, 4.69) is 37.4 Å². The molecule has 0 aromatic heterocycles. The zero-order valence-corrected chi connectivity index (χ0v) is 13.2. The van der Waals surface area contributed by atoms with Gasteiger partial charge >= 0.3 is 0 Å². The Morgan fingerprint density at radius 1 is 1.00 bits per heavy atom. The smallest absolute Gasteiger partial charge is 0.159 e. The lowest BCUT2D eigenvalue weighted by molar-refractivity contribution is 0.506. The van der Waals surface area contributed by atoms with Crippen LogP contribution < -0.4 is 5.32 Å². The molecule has 1 nitrogen and oxygen atoms in total. The second-order valence-corrected chi connectivity index (χ2v) is 6.17. The fraction of sp³-hybridized carbons (Fsp3) is 0.294. The van der Waals surface area contributed by atoms with Crippen molar-refractivity contribution < 1.29 is 8.78 Å². The summed E-state index contributed by atoms with van der Waals surface area (Å²) in [6.07, 6.45) is 0. The molecule has 2 aromatic carbocycles. The van der Waals surface area contributed by atoms with Crippen LogP contribution in [0.2, 0.25) is 0 Å². The first-order valence-electron chi connectivity index (χ1n) is 6.83. The summed E-state index contributed by atoms with van der Waals surface area (Å²) in [7, 11) is 1.91. The molecule has 0 aliphatic carbocycles. The van der Waals surface area contributed by atoms with Gasteiger partial charge in [0.15, 0.2) is 11.6 Å². The van der Waals surface area contributed by atoms with Crippen LogP contribution in [0, 0.1) is 25.5 Å². The molecule has 0 aliphatic heterocycles. The van der Waals surface area contributed by atoms with Gasteiger partial charge in [0.1, 0.15) is 0 Å². The Hall–Kier alpha value is -1.39. The van der Waals surface area contributed by atoms with Crippen molar-refractivity contribution in [2.75, 3.05) is 12.8 Å². The van der Waals surface area contributed by atoms with E-state index >= 15 is 0 Å². The van der Waals surface area contributed by atoms with E-state index in [-0.39, 0.29) is 6.04 Å². The molecule has 1 N–H and O–H groups in total. The first-order chi connectivity index (χ1) is 10.0. The number of halogens is 2. The maximum absolute atomic E-state index is 13.2. The molecule has 0 bridgehead atoms. The SMILES string of the molecule is CNC(CSc1ccc(F)c(F)c1)c1ccc(C)c(C)c1. The van der Waals surface area contributed by atoms with Crippen LogP contribution in [-0.4, -0.2) is 12.8 Å². The highest BCUT2D eigenvalue weighted by molar-refractivity contribution is 7.99. The number of benzene rings is 2. The Balaban J connectivity index is 2.08. The van der Waals surface area contributed by atoms with Gasteiger partial charge in [-0.25, -0.2) is 8.78 Å². The van der Waals surface area contributed by atoms with E-state index in [9.17, 15) is 8.78 Å². The molecule has 1 atom stereocenters. The predicted molar refractivity (Wildman–Crippen MR) is 84.8 cm³/mol. The fourth-order valence-electron chi connectivity index (χ4n) is 2.07. The van der Waals surface area contributed by atoms with E-state index < -0.39 is 11.6 Å². The number of rotatable bonds is 5. The van der Waals surface area contributed by atoms with Crippen LogP contribution in [0.5, 0.6) is 0 Å². The molecule has 0 heterocycles. The first kappa shape index (κ1) is 16.0. The monoisotopic (exact) mass is 307 g/mol. The average molecular weight is 307 g/mol. The van der Waals surface area contributed by atoms with E-state index in [4.69, 9.17) is 0 Å². The van der Waals surface area contributed by atoms with Gasteiger partial charge in [-0.15, -0.1) is 11.8 Å². The van der Waals surface area contributed by atoms with Crippen LogP contribution in [0.3, 0.4) is 0 Å². The molecule has 2 aromatic rings. The average Bonchev–Trinajstić information content (AvgIpc) is 2.47. The lowest BCUT2D eigenvalue weighted by atomic mass is 10.0. The lowest BCUT2D eigenvalue weighted by Gasteiger charge is -2.17. The lowest BCUT2D eigenvalue weighted by Crippen LogP contribution is -2.18. The molecular formula is C17H19F2NS. The zero-order chi connectivity index (χ0) is 15.4. The van der Waals surface area contributed by atoms with Crippen molar-refractivity contribution in [3.63, 3.8) is 0 Å². The topological polar surface area (TPSA) is 12.0 Å². The molecule has 0 aliphatic rings. The molecule has 4 heteroatoms. The Morgan fingerprint density at radius 3 is 2.38 bits per heavy atom.